The molecule has 2 aromatic rings. The Labute approximate surface area is 118 Å². The number of hydrogen-bond donors (Lipinski definition) is 2. The third kappa shape index (κ3) is 3.03. The number of nitrogens with one attached hydrogen (secondary N) is 1. The van der Waals surface area contributed by atoms with Gasteiger partial charge >= 0.3 is 0 Å². The predicted molar refractivity (Wildman–Crippen MR) is 75.2 cm³/mol. The Kier molecular flexibility index (Phi) is 3.89. The first-order valence-corrected chi connectivity index (χ1v) is 6.29. The van der Waals surface area contributed by atoms with Crippen molar-refractivity contribution in [2.75, 3.05) is 5.32 Å². The molecule has 0 radical (unpaired) electrons. The number of hydrogen-bond acceptors (Lipinski definition) is 2. The molecule has 0 unspecified atom stereocenters. The van der Waals surface area contributed by atoms with Crippen molar-refractivity contribution in [1.29, 1.82) is 0 Å². The quantitative estimate of drug-likeness (QED) is 0.874. The van der Waals surface area contributed by atoms with Crippen molar-refractivity contribution in [2.24, 2.45) is 0 Å². The molecule has 0 saturated heterocycles. The van der Waals surface area contributed by atoms with E-state index >= 15 is 0 Å². The Bertz CT molecular complexity index is 601. The molecular weight excluding hydrogens is 318 g/mol. The number of phenolic OH excluding ortho intramolecular Hbond substituents is 1. The highest BCUT2D eigenvalue weighted by atomic mass is 79.9. The van der Waals surface area contributed by atoms with Crippen LogP contribution >= 0.6 is 27.5 Å². The van der Waals surface area contributed by atoms with Crippen LogP contribution < -0.4 is 5.32 Å². The summed E-state index contributed by atoms with van der Waals surface area (Å²) in [5.41, 5.74) is 0.891. The Hall–Kier alpha value is -1.52. The maximum atomic E-state index is 12.0. The minimum absolute atomic E-state index is 0.0923. The molecule has 1 amide bonds. The van der Waals surface area contributed by atoms with Crippen molar-refractivity contribution < 1.29 is 9.90 Å². The fourth-order valence-electron chi connectivity index (χ4n) is 1.46. The molecule has 0 fully saturated rings. The number of aromatic hydroxyl groups is 1. The van der Waals surface area contributed by atoms with E-state index < -0.39 is 0 Å². The minimum Gasteiger partial charge on any atom is -0.508 e. The second-order valence-electron chi connectivity index (χ2n) is 3.63. The average Bonchev–Trinajstić information content (AvgIpc) is 2.28. The molecule has 0 spiro atoms. The molecule has 0 bridgehead atoms. The molecule has 0 heterocycles. The zero-order valence-corrected chi connectivity index (χ0v) is 11.5. The fourth-order valence-corrected chi connectivity index (χ4v) is 2.21. The average molecular weight is 327 g/mol. The van der Waals surface area contributed by atoms with Gasteiger partial charge in [0.05, 0.1) is 10.6 Å². The number of carbonyl (C=O) groups excluding carboxylic acids is 1. The molecule has 0 aromatic heterocycles. The Morgan fingerprint density at radius 3 is 2.67 bits per heavy atom. The van der Waals surface area contributed by atoms with Crippen molar-refractivity contribution >= 4 is 39.1 Å². The van der Waals surface area contributed by atoms with Crippen molar-refractivity contribution in [3.63, 3.8) is 0 Å². The lowest BCUT2D eigenvalue weighted by atomic mass is 10.2. The SMILES string of the molecule is O=C(Nc1cccc(O)c1)c1ccc(Br)cc1Cl. The third-order valence-corrected chi connectivity index (χ3v) is 3.09. The van der Waals surface area contributed by atoms with Crippen LogP contribution in [-0.2, 0) is 0 Å². The largest absolute Gasteiger partial charge is 0.508 e. The number of anilines is 1. The summed E-state index contributed by atoms with van der Waals surface area (Å²) in [6.45, 7) is 0. The standard InChI is InChI=1S/C13H9BrClNO2/c14-8-4-5-11(12(15)6-8)13(18)16-9-2-1-3-10(17)7-9/h1-7,17H,(H,16,18). The lowest BCUT2D eigenvalue weighted by Gasteiger charge is -2.07. The molecule has 0 aliphatic heterocycles. The lowest BCUT2D eigenvalue weighted by molar-refractivity contribution is 0.102. The molecule has 3 nitrogen and oxygen atoms in total. The molecular formula is C13H9BrClNO2. The van der Waals surface area contributed by atoms with Gasteiger partial charge in [-0.25, -0.2) is 0 Å². The maximum Gasteiger partial charge on any atom is 0.257 e. The van der Waals surface area contributed by atoms with Crippen molar-refractivity contribution in [2.45, 2.75) is 0 Å². The maximum absolute atomic E-state index is 12.0. The third-order valence-electron chi connectivity index (χ3n) is 2.28. The molecule has 92 valence electrons. The molecule has 2 rings (SSSR count). The summed E-state index contributed by atoms with van der Waals surface area (Å²) in [7, 11) is 0. The van der Waals surface area contributed by atoms with E-state index in [9.17, 15) is 9.90 Å². The van der Waals surface area contributed by atoms with Crippen LogP contribution in [0.1, 0.15) is 10.4 Å². The van der Waals surface area contributed by atoms with E-state index in [1.165, 1.54) is 12.1 Å². The van der Waals surface area contributed by atoms with Gasteiger partial charge in [0.25, 0.3) is 5.91 Å². The Balaban J connectivity index is 2.22. The highest BCUT2D eigenvalue weighted by molar-refractivity contribution is 9.10. The first-order chi connectivity index (χ1) is 8.56. The molecule has 0 aliphatic rings. The van der Waals surface area contributed by atoms with Crippen LogP contribution in [-0.4, -0.2) is 11.0 Å². The number of amides is 1. The molecule has 5 heteroatoms. The monoisotopic (exact) mass is 325 g/mol. The Morgan fingerprint density at radius 1 is 1.22 bits per heavy atom. The molecule has 0 atom stereocenters. The number of benzene rings is 2. The number of rotatable bonds is 2. The van der Waals surface area contributed by atoms with Gasteiger partial charge in [-0.15, -0.1) is 0 Å². The van der Waals surface area contributed by atoms with Crippen LogP contribution in [0.2, 0.25) is 5.02 Å². The molecule has 2 aromatic carbocycles. The summed E-state index contributed by atoms with van der Waals surface area (Å²) >= 11 is 9.25. The van der Waals surface area contributed by atoms with Gasteiger partial charge in [-0.05, 0) is 30.3 Å². The van der Waals surface area contributed by atoms with E-state index in [0.29, 0.717) is 16.3 Å². The van der Waals surface area contributed by atoms with Crippen LogP contribution in [0, 0.1) is 0 Å². The number of halogens is 2. The smallest absolute Gasteiger partial charge is 0.257 e. The van der Waals surface area contributed by atoms with Gasteiger partial charge in [0, 0.05) is 16.2 Å². The zero-order valence-electron chi connectivity index (χ0n) is 9.15. The first kappa shape index (κ1) is 12.9. The van der Waals surface area contributed by atoms with Crippen molar-refractivity contribution in [1.82, 2.24) is 0 Å². The van der Waals surface area contributed by atoms with E-state index in [4.69, 9.17) is 11.6 Å². The zero-order chi connectivity index (χ0) is 13.1. The van der Waals surface area contributed by atoms with Gasteiger partial charge in [-0.1, -0.05) is 33.6 Å². The van der Waals surface area contributed by atoms with E-state index in [2.05, 4.69) is 21.2 Å². The van der Waals surface area contributed by atoms with Gasteiger partial charge < -0.3 is 10.4 Å². The van der Waals surface area contributed by atoms with Gasteiger partial charge in [-0.2, -0.15) is 0 Å². The molecule has 2 N–H and O–H groups in total. The highest BCUT2D eigenvalue weighted by Crippen LogP contribution is 2.23. The molecule has 0 aliphatic carbocycles. The van der Waals surface area contributed by atoms with E-state index in [1.807, 2.05) is 0 Å². The summed E-state index contributed by atoms with van der Waals surface area (Å²) in [6.07, 6.45) is 0. The predicted octanol–water partition coefficient (Wildman–Crippen LogP) is 4.06. The van der Waals surface area contributed by atoms with Gasteiger partial charge in [0.15, 0.2) is 0 Å². The lowest BCUT2D eigenvalue weighted by Crippen LogP contribution is -2.12. The second-order valence-corrected chi connectivity index (χ2v) is 4.95. The van der Waals surface area contributed by atoms with Crippen LogP contribution in [0.5, 0.6) is 5.75 Å². The summed E-state index contributed by atoms with van der Waals surface area (Å²) in [6, 6.07) is 11.3. The van der Waals surface area contributed by atoms with Gasteiger partial charge in [0.2, 0.25) is 0 Å². The van der Waals surface area contributed by atoms with E-state index in [-0.39, 0.29) is 11.7 Å². The van der Waals surface area contributed by atoms with Crippen molar-refractivity contribution in [3.8, 4) is 5.75 Å². The van der Waals surface area contributed by atoms with Crippen LogP contribution in [0.3, 0.4) is 0 Å². The minimum atomic E-state index is -0.321. The topological polar surface area (TPSA) is 49.3 Å². The summed E-state index contributed by atoms with van der Waals surface area (Å²) in [4.78, 5) is 12.0. The van der Waals surface area contributed by atoms with E-state index in [0.717, 1.165) is 4.47 Å². The van der Waals surface area contributed by atoms with Gasteiger partial charge in [0.1, 0.15) is 5.75 Å². The summed E-state index contributed by atoms with van der Waals surface area (Å²) < 4.78 is 0.807. The van der Waals surface area contributed by atoms with Crippen LogP contribution in [0.25, 0.3) is 0 Å². The molecule has 18 heavy (non-hydrogen) atoms. The fraction of sp³-hybridized carbons (Fsp3) is 0. The van der Waals surface area contributed by atoms with Gasteiger partial charge in [-0.3, -0.25) is 4.79 Å². The van der Waals surface area contributed by atoms with E-state index in [1.54, 1.807) is 30.3 Å². The molecule has 0 saturated carbocycles. The highest BCUT2D eigenvalue weighted by Gasteiger charge is 2.10. The summed E-state index contributed by atoms with van der Waals surface area (Å²) in [5, 5.41) is 12.3. The summed E-state index contributed by atoms with van der Waals surface area (Å²) in [5.74, 6) is -0.229. The van der Waals surface area contributed by atoms with Crippen LogP contribution in [0.4, 0.5) is 5.69 Å². The Morgan fingerprint density at radius 2 is 2.00 bits per heavy atom. The number of phenols is 1. The first-order valence-electron chi connectivity index (χ1n) is 5.12. The van der Waals surface area contributed by atoms with Crippen molar-refractivity contribution in [3.05, 3.63) is 57.5 Å². The number of carbonyl (C=O) groups is 1. The normalized spacial score (nSPS) is 10.1. The van der Waals surface area contributed by atoms with Crippen LogP contribution in [0.15, 0.2) is 46.9 Å². The second kappa shape index (κ2) is 5.42.